The molecular weight excluding hydrogens is 192 g/mol. The van der Waals surface area contributed by atoms with Crippen LogP contribution in [-0.4, -0.2) is 18.7 Å². The summed E-state index contributed by atoms with van der Waals surface area (Å²) in [5, 5.41) is 0. The fourth-order valence-electron chi connectivity index (χ4n) is 1.33. The third kappa shape index (κ3) is 2.92. The number of hydrogen-bond acceptors (Lipinski definition) is 3. The van der Waals surface area contributed by atoms with E-state index in [2.05, 4.69) is 0 Å². The van der Waals surface area contributed by atoms with Crippen molar-refractivity contribution < 1.29 is 14.3 Å². The van der Waals surface area contributed by atoms with Gasteiger partial charge in [0.25, 0.3) is 0 Å². The molecule has 3 nitrogen and oxygen atoms in total. The van der Waals surface area contributed by atoms with Crippen LogP contribution in [0.1, 0.15) is 5.56 Å². The molecule has 0 saturated carbocycles. The number of rotatable bonds is 3. The lowest BCUT2D eigenvalue weighted by atomic mass is 10.2. The molecule has 0 spiro atoms. The molecule has 0 saturated heterocycles. The molecule has 1 aromatic carbocycles. The van der Waals surface area contributed by atoms with Gasteiger partial charge in [0.1, 0.15) is 12.7 Å². The number of cyclic esters (lactones) is 1. The summed E-state index contributed by atoms with van der Waals surface area (Å²) in [6.07, 6.45) is 3.01. The highest BCUT2D eigenvalue weighted by Crippen LogP contribution is 2.07. The van der Waals surface area contributed by atoms with Crippen LogP contribution in [0.5, 0.6) is 0 Å². The van der Waals surface area contributed by atoms with Crippen LogP contribution in [0.25, 0.3) is 0 Å². The van der Waals surface area contributed by atoms with Crippen LogP contribution in [0, 0.1) is 0 Å². The molecule has 1 aliphatic heterocycles. The van der Waals surface area contributed by atoms with Gasteiger partial charge in [0, 0.05) is 6.08 Å². The van der Waals surface area contributed by atoms with E-state index >= 15 is 0 Å². The Balaban J connectivity index is 1.84. The van der Waals surface area contributed by atoms with Crippen LogP contribution in [0.2, 0.25) is 0 Å². The minimum atomic E-state index is -0.297. The summed E-state index contributed by atoms with van der Waals surface area (Å²) in [4.78, 5) is 10.7. The zero-order chi connectivity index (χ0) is 10.5. The van der Waals surface area contributed by atoms with E-state index in [0.717, 1.165) is 5.56 Å². The highest BCUT2D eigenvalue weighted by molar-refractivity contribution is 5.82. The summed E-state index contributed by atoms with van der Waals surface area (Å²) >= 11 is 0. The zero-order valence-electron chi connectivity index (χ0n) is 8.26. The first-order chi connectivity index (χ1) is 7.34. The molecule has 1 atom stereocenters. The van der Waals surface area contributed by atoms with Gasteiger partial charge in [0.2, 0.25) is 0 Å². The minimum Gasteiger partial charge on any atom is -0.459 e. The maximum absolute atomic E-state index is 10.7. The van der Waals surface area contributed by atoms with Gasteiger partial charge in [-0.15, -0.1) is 0 Å². The van der Waals surface area contributed by atoms with E-state index in [4.69, 9.17) is 9.47 Å². The normalized spacial score (nSPS) is 20.0. The number of esters is 1. The third-order valence-electron chi connectivity index (χ3n) is 2.14. The molecule has 0 unspecified atom stereocenters. The average Bonchev–Trinajstić information content (AvgIpc) is 2.30. The van der Waals surface area contributed by atoms with Crippen molar-refractivity contribution in [1.82, 2.24) is 0 Å². The van der Waals surface area contributed by atoms with E-state index in [1.807, 2.05) is 30.3 Å². The number of hydrogen-bond donors (Lipinski definition) is 0. The van der Waals surface area contributed by atoms with Gasteiger partial charge in [-0.1, -0.05) is 30.3 Å². The lowest BCUT2D eigenvalue weighted by molar-refractivity contribution is -0.142. The molecule has 0 N–H and O–H groups in total. The number of ether oxygens (including phenoxy) is 2. The highest BCUT2D eigenvalue weighted by atomic mass is 16.6. The summed E-state index contributed by atoms with van der Waals surface area (Å²) in [7, 11) is 0. The molecule has 0 aliphatic carbocycles. The minimum absolute atomic E-state index is 0.122. The lowest BCUT2D eigenvalue weighted by Gasteiger charge is -2.17. The van der Waals surface area contributed by atoms with Gasteiger partial charge in [-0.2, -0.15) is 0 Å². The molecule has 1 aromatic rings. The molecular formula is C12H12O3. The molecule has 0 aromatic heterocycles. The van der Waals surface area contributed by atoms with Crippen molar-refractivity contribution in [2.45, 2.75) is 12.7 Å². The van der Waals surface area contributed by atoms with Gasteiger partial charge >= 0.3 is 5.97 Å². The topological polar surface area (TPSA) is 35.5 Å². The zero-order valence-corrected chi connectivity index (χ0v) is 8.26. The molecule has 0 bridgehead atoms. The fraction of sp³-hybridized carbons (Fsp3) is 0.250. The molecule has 3 heteroatoms. The van der Waals surface area contributed by atoms with Gasteiger partial charge in [-0.3, -0.25) is 0 Å². The van der Waals surface area contributed by atoms with Crippen LogP contribution >= 0.6 is 0 Å². The molecule has 0 radical (unpaired) electrons. The summed E-state index contributed by atoms with van der Waals surface area (Å²) in [6, 6.07) is 9.90. The van der Waals surface area contributed by atoms with Crippen molar-refractivity contribution in [2.24, 2.45) is 0 Å². The second-order valence-corrected chi connectivity index (χ2v) is 3.32. The molecule has 78 valence electrons. The average molecular weight is 204 g/mol. The van der Waals surface area contributed by atoms with E-state index in [0.29, 0.717) is 13.2 Å². The first-order valence-electron chi connectivity index (χ1n) is 4.85. The Morgan fingerprint density at radius 2 is 2.13 bits per heavy atom. The molecule has 15 heavy (non-hydrogen) atoms. The van der Waals surface area contributed by atoms with Crippen LogP contribution in [0.15, 0.2) is 42.5 Å². The second kappa shape index (κ2) is 4.75. The maximum Gasteiger partial charge on any atom is 0.330 e. The summed E-state index contributed by atoms with van der Waals surface area (Å²) in [5.74, 6) is -0.297. The van der Waals surface area contributed by atoms with Crippen LogP contribution in [0.3, 0.4) is 0 Å². The van der Waals surface area contributed by atoms with Gasteiger partial charge in [0.05, 0.1) is 6.61 Å². The summed E-state index contributed by atoms with van der Waals surface area (Å²) in [5.41, 5.74) is 1.11. The smallest absolute Gasteiger partial charge is 0.330 e. The third-order valence-corrected chi connectivity index (χ3v) is 2.14. The number of carbonyl (C=O) groups is 1. The molecule has 1 aliphatic rings. The quantitative estimate of drug-likeness (QED) is 0.703. The Kier molecular flexibility index (Phi) is 3.15. The van der Waals surface area contributed by atoms with Crippen LogP contribution < -0.4 is 0 Å². The van der Waals surface area contributed by atoms with Crippen molar-refractivity contribution in [1.29, 1.82) is 0 Å². The van der Waals surface area contributed by atoms with Gasteiger partial charge in [0.15, 0.2) is 0 Å². The largest absolute Gasteiger partial charge is 0.459 e. The predicted octanol–water partition coefficient (Wildman–Crippen LogP) is 1.68. The molecule has 2 rings (SSSR count). The molecule has 0 amide bonds. The van der Waals surface area contributed by atoms with Crippen LogP contribution in [0.4, 0.5) is 0 Å². The summed E-state index contributed by atoms with van der Waals surface area (Å²) in [6.45, 7) is 0.843. The van der Waals surface area contributed by atoms with Crippen molar-refractivity contribution in [3.05, 3.63) is 48.0 Å². The van der Waals surface area contributed by atoms with Crippen molar-refractivity contribution in [3.8, 4) is 0 Å². The van der Waals surface area contributed by atoms with Crippen LogP contribution in [-0.2, 0) is 20.9 Å². The Bertz CT molecular complexity index is 356. The van der Waals surface area contributed by atoms with E-state index < -0.39 is 0 Å². The standard InChI is InChI=1S/C12H12O3/c13-12-7-6-11(9-15-12)14-8-10-4-2-1-3-5-10/h1-7,11H,8-9H2/t11-/m0/s1. The molecule has 1 heterocycles. The second-order valence-electron chi connectivity index (χ2n) is 3.32. The highest BCUT2D eigenvalue weighted by Gasteiger charge is 2.13. The maximum atomic E-state index is 10.7. The van der Waals surface area contributed by atoms with E-state index in [9.17, 15) is 4.79 Å². The SMILES string of the molecule is O=C1C=C[C@H](OCc2ccccc2)CO1. The van der Waals surface area contributed by atoms with Crippen molar-refractivity contribution in [2.75, 3.05) is 6.61 Å². The first kappa shape index (κ1) is 9.93. The summed E-state index contributed by atoms with van der Waals surface area (Å²) < 4.78 is 10.4. The Morgan fingerprint density at radius 3 is 2.80 bits per heavy atom. The Labute approximate surface area is 88.3 Å². The van der Waals surface area contributed by atoms with Crippen molar-refractivity contribution >= 4 is 5.97 Å². The predicted molar refractivity (Wildman–Crippen MR) is 55.1 cm³/mol. The van der Waals surface area contributed by atoms with Gasteiger partial charge in [-0.25, -0.2) is 4.79 Å². The Morgan fingerprint density at radius 1 is 1.33 bits per heavy atom. The van der Waals surface area contributed by atoms with Crippen molar-refractivity contribution in [3.63, 3.8) is 0 Å². The van der Waals surface area contributed by atoms with Gasteiger partial charge < -0.3 is 9.47 Å². The monoisotopic (exact) mass is 204 g/mol. The molecule has 0 fully saturated rings. The fourth-order valence-corrected chi connectivity index (χ4v) is 1.33. The van der Waals surface area contributed by atoms with E-state index in [-0.39, 0.29) is 12.1 Å². The first-order valence-corrected chi connectivity index (χ1v) is 4.85. The number of carbonyl (C=O) groups excluding carboxylic acids is 1. The lowest BCUT2D eigenvalue weighted by Crippen LogP contribution is -2.23. The van der Waals surface area contributed by atoms with Gasteiger partial charge in [-0.05, 0) is 11.6 Å². The Hall–Kier alpha value is -1.61. The number of benzene rings is 1. The van der Waals surface area contributed by atoms with E-state index in [1.165, 1.54) is 6.08 Å². The van der Waals surface area contributed by atoms with E-state index in [1.54, 1.807) is 6.08 Å².